The number of hydrogen-bond donors (Lipinski definition) is 5. The summed E-state index contributed by atoms with van der Waals surface area (Å²) in [6, 6.07) is 4.04. The first-order chi connectivity index (χ1) is 34.9. The Bertz CT molecular complexity index is 2140. The third-order valence-corrected chi connectivity index (χ3v) is 12.8. The van der Waals surface area contributed by atoms with Gasteiger partial charge in [0.15, 0.2) is 34.4 Å². The van der Waals surface area contributed by atoms with Crippen LogP contribution in [0, 0.1) is 23.7 Å². The van der Waals surface area contributed by atoms with E-state index < -0.39 is 84.0 Å². The molecule has 1 saturated heterocycles. The number of carbonyl (C=O) groups is 8. The SMILES string of the molecule is COC(=O)CC(=O)CC(C)C.COC(=O)C[C@](O)(CC(C)C)C(=O)O.COC(=O)C[C@](O)(CC(C)C)C(=O)O.COC(=O)C[C@](O)(CC(C)C)C(=O)OC1C(OC)=C[C@]23CCCN2CCc2cc4c(cc2[C@H]13)OCO4. The van der Waals surface area contributed by atoms with Gasteiger partial charge in [0.05, 0.1) is 66.3 Å². The number of carbonyl (C=O) groups excluding carboxylic acids is 6. The first-order valence-corrected chi connectivity index (χ1v) is 25.0. The van der Waals surface area contributed by atoms with E-state index >= 15 is 0 Å². The van der Waals surface area contributed by atoms with Gasteiger partial charge in [-0.25, -0.2) is 14.4 Å². The topological polar surface area (TPSA) is 315 Å². The molecule has 1 unspecified atom stereocenters. The van der Waals surface area contributed by atoms with Gasteiger partial charge in [-0.15, -0.1) is 0 Å². The molecule has 0 aromatic heterocycles. The van der Waals surface area contributed by atoms with E-state index in [1.165, 1.54) is 14.2 Å². The number of rotatable bonds is 21. The van der Waals surface area contributed by atoms with E-state index in [2.05, 4.69) is 25.2 Å². The number of aliphatic hydroxyl groups is 3. The molecule has 3 aliphatic heterocycles. The summed E-state index contributed by atoms with van der Waals surface area (Å²) >= 11 is 0. The summed E-state index contributed by atoms with van der Waals surface area (Å²) in [6.45, 7) is 16.7. The van der Waals surface area contributed by atoms with Crippen LogP contribution in [0.25, 0.3) is 0 Å². The highest BCUT2D eigenvalue weighted by atomic mass is 16.7. The first kappa shape index (κ1) is 65.3. The monoisotopic (exact) mass is 1070 g/mol. The second-order valence-electron chi connectivity index (χ2n) is 20.9. The lowest BCUT2D eigenvalue weighted by Gasteiger charge is -2.39. The van der Waals surface area contributed by atoms with Gasteiger partial charge >= 0.3 is 41.8 Å². The molecule has 22 heteroatoms. The van der Waals surface area contributed by atoms with Crippen LogP contribution >= 0.6 is 0 Å². The zero-order valence-corrected chi connectivity index (χ0v) is 45.8. The number of benzene rings is 1. The largest absolute Gasteiger partial charge is 0.497 e. The minimum Gasteiger partial charge on any atom is -0.497 e. The van der Waals surface area contributed by atoms with Crippen molar-refractivity contribution in [2.75, 3.05) is 55.4 Å². The van der Waals surface area contributed by atoms with Crippen molar-refractivity contribution in [1.29, 1.82) is 0 Å². The Kier molecular flexibility index (Phi) is 25.1. The maximum absolute atomic E-state index is 13.6. The van der Waals surface area contributed by atoms with Gasteiger partial charge in [0, 0.05) is 13.0 Å². The van der Waals surface area contributed by atoms with Crippen LogP contribution in [0.15, 0.2) is 24.0 Å². The van der Waals surface area contributed by atoms with Crippen molar-refractivity contribution >= 4 is 47.6 Å². The molecule has 75 heavy (non-hydrogen) atoms. The van der Waals surface area contributed by atoms with E-state index in [0.717, 1.165) is 63.4 Å². The second kappa shape index (κ2) is 28.9. The van der Waals surface area contributed by atoms with Gasteiger partial charge in [0.25, 0.3) is 0 Å². The van der Waals surface area contributed by atoms with E-state index in [9.17, 15) is 53.7 Å². The number of esters is 5. The Hall–Kier alpha value is -5.84. The van der Waals surface area contributed by atoms with Gasteiger partial charge in [0.2, 0.25) is 6.79 Å². The molecule has 1 aromatic rings. The zero-order valence-electron chi connectivity index (χ0n) is 45.8. The summed E-state index contributed by atoms with van der Waals surface area (Å²) in [4.78, 5) is 92.9. The summed E-state index contributed by atoms with van der Waals surface area (Å²) < 4.78 is 41.0. The highest BCUT2D eigenvalue weighted by Gasteiger charge is 2.59. The highest BCUT2D eigenvalue weighted by Crippen LogP contribution is 2.56. The third-order valence-electron chi connectivity index (χ3n) is 12.8. The van der Waals surface area contributed by atoms with Crippen LogP contribution in [0.3, 0.4) is 0 Å². The van der Waals surface area contributed by atoms with Gasteiger partial charge in [-0.2, -0.15) is 0 Å². The second-order valence-corrected chi connectivity index (χ2v) is 20.9. The Labute approximate surface area is 439 Å². The zero-order chi connectivity index (χ0) is 57.2. The Morgan fingerprint density at radius 1 is 0.653 bits per heavy atom. The molecule has 4 aliphatic rings. The standard InChI is InChI=1S/C27H35NO8.2C9H16O5.C8H14O3/c1-16(2)12-27(31,14-22(29)33-4)25(30)36-24-21(32-3)13-26-7-5-8-28(26)9-6-17-10-19-20(35-15-34-19)11-18(17)23(24)26;2*1-6(2)4-9(13,8(11)12)5-7(10)14-3;1-6(2)4-7(9)5-8(10)11-3/h10-11,13,16,23-24,31H,5-9,12,14-15H2,1-4H3;2*6,13H,4-5H2,1-3H3,(H,11,12);6H,4-5H2,1-3H3/t23-,24?,26+,27-;2*9-;/m111./s1. The Morgan fingerprint density at radius 2 is 1.11 bits per heavy atom. The number of aliphatic carboxylic acids is 2. The molecule has 0 bridgehead atoms. The van der Waals surface area contributed by atoms with Crippen LogP contribution in [0.4, 0.5) is 0 Å². The number of methoxy groups -OCH3 is 5. The maximum Gasteiger partial charge on any atom is 0.339 e. The molecule has 424 valence electrons. The molecule has 1 aliphatic carbocycles. The van der Waals surface area contributed by atoms with Gasteiger partial charge < -0.3 is 63.4 Å². The van der Waals surface area contributed by atoms with E-state index in [4.69, 9.17) is 33.9 Å². The molecule has 6 atom stereocenters. The lowest BCUT2D eigenvalue weighted by atomic mass is 9.77. The van der Waals surface area contributed by atoms with Crippen LogP contribution in [-0.4, -0.2) is 162 Å². The van der Waals surface area contributed by atoms with E-state index in [1.807, 2.05) is 39.8 Å². The molecular formula is C53H81NO21. The van der Waals surface area contributed by atoms with Crippen molar-refractivity contribution in [2.45, 2.75) is 160 Å². The molecular weight excluding hydrogens is 987 g/mol. The van der Waals surface area contributed by atoms with Crippen molar-refractivity contribution in [3.05, 3.63) is 35.1 Å². The van der Waals surface area contributed by atoms with Crippen LogP contribution in [0.5, 0.6) is 11.5 Å². The fourth-order valence-corrected chi connectivity index (χ4v) is 9.74. The van der Waals surface area contributed by atoms with Gasteiger partial charge in [-0.1, -0.05) is 55.4 Å². The summed E-state index contributed by atoms with van der Waals surface area (Å²) in [5, 5.41) is 48.2. The number of carboxylic acids is 2. The van der Waals surface area contributed by atoms with Crippen molar-refractivity contribution in [3.63, 3.8) is 0 Å². The number of nitrogens with zero attached hydrogens (tertiary/aromatic N) is 1. The van der Waals surface area contributed by atoms with Crippen molar-refractivity contribution in [2.24, 2.45) is 23.7 Å². The van der Waals surface area contributed by atoms with Crippen LogP contribution < -0.4 is 9.47 Å². The average Bonchev–Trinajstić information content (AvgIpc) is 4.01. The van der Waals surface area contributed by atoms with E-state index in [1.54, 1.807) is 34.8 Å². The van der Waals surface area contributed by atoms with Crippen molar-refractivity contribution in [1.82, 2.24) is 4.90 Å². The van der Waals surface area contributed by atoms with Gasteiger partial charge in [-0.3, -0.25) is 28.9 Å². The van der Waals surface area contributed by atoms with Crippen LogP contribution in [-0.2, 0) is 73.2 Å². The normalized spacial score (nSPS) is 20.4. The molecule has 0 saturated carbocycles. The van der Waals surface area contributed by atoms with E-state index in [0.29, 0.717) is 23.8 Å². The quantitative estimate of drug-likeness (QED) is 0.0634. The molecule has 0 amide bonds. The number of ether oxygens (including phenoxy) is 8. The fraction of sp³-hybridized carbons (Fsp3) is 0.698. The minimum absolute atomic E-state index is 0.0132. The van der Waals surface area contributed by atoms with Gasteiger partial charge in [-0.05, 0) is 98.1 Å². The molecule has 0 radical (unpaired) electrons. The molecule has 3 heterocycles. The lowest BCUT2D eigenvalue weighted by Crippen LogP contribution is -2.49. The van der Waals surface area contributed by atoms with Gasteiger partial charge in [0.1, 0.15) is 18.0 Å². The maximum atomic E-state index is 13.6. The summed E-state index contributed by atoms with van der Waals surface area (Å²) in [6.07, 6.45) is 3.05. The van der Waals surface area contributed by atoms with E-state index in [-0.39, 0.29) is 67.5 Å². The smallest absolute Gasteiger partial charge is 0.339 e. The number of fused-ring (bicyclic) bond motifs is 3. The molecule has 5 N–H and O–H groups in total. The number of hydrogen-bond acceptors (Lipinski definition) is 20. The predicted octanol–water partition coefficient (Wildman–Crippen LogP) is 4.67. The molecule has 1 aromatic carbocycles. The Morgan fingerprint density at radius 3 is 1.53 bits per heavy atom. The summed E-state index contributed by atoms with van der Waals surface area (Å²) in [7, 11) is 6.39. The number of ketones is 1. The lowest BCUT2D eigenvalue weighted by molar-refractivity contribution is -0.179. The summed E-state index contributed by atoms with van der Waals surface area (Å²) in [5.41, 5.74) is -4.26. The third kappa shape index (κ3) is 18.5. The minimum atomic E-state index is -2.01. The fourth-order valence-electron chi connectivity index (χ4n) is 9.74. The highest BCUT2D eigenvalue weighted by molar-refractivity contribution is 5.95. The first-order valence-electron chi connectivity index (χ1n) is 25.0. The molecule has 22 nitrogen and oxygen atoms in total. The average molecular weight is 1070 g/mol. The predicted molar refractivity (Wildman–Crippen MR) is 267 cm³/mol. The number of carboxylic acid groups (broad SMARTS) is 2. The molecule has 1 spiro atoms. The van der Waals surface area contributed by atoms with Crippen LogP contribution in [0.1, 0.15) is 137 Å². The van der Waals surface area contributed by atoms with Crippen molar-refractivity contribution < 1.29 is 102 Å². The number of Topliss-reactive ketones (excluding diaryl/α,β-unsaturated/α-hetero) is 1. The summed E-state index contributed by atoms with van der Waals surface area (Å²) in [5.74, 6) is -4.33. The van der Waals surface area contributed by atoms with Crippen molar-refractivity contribution in [3.8, 4) is 11.5 Å². The molecule has 5 rings (SSSR count). The molecule has 1 fully saturated rings. The van der Waals surface area contributed by atoms with Crippen LogP contribution in [0.2, 0.25) is 0 Å². The Balaban J connectivity index is 0.000000407.